The van der Waals surface area contributed by atoms with Crippen LogP contribution in [0.3, 0.4) is 0 Å². The average Bonchev–Trinajstić information content (AvgIpc) is 2.93. The Bertz CT molecular complexity index is 407. The van der Waals surface area contributed by atoms with Crippen LogP contribution in [0.5, 0.6) is 0 Å². The van der Waals surface area contributed by atoms with Crippen LogP contribution >= 0.6 is 11.8 Å². The highest BCUT2D eigenvalue weighted by atomic mass is 32.2. The number of aliphatic imine (C=N–C) groups is 1. The van der Waals surface area contributed by atoms with Gasteiger partial charge in [0.15, 0.2) is 0 Å². The van der Waals surface area contributed by atoms with Crippen molar-refractivity contribution in [2.45, 2.75) is 64.7 Å². The first-order chi connectivity index (χ1) is 10.0. The third kappa shape index (κ3) is 9.53. The summed E-state index contributed by atoms with van der Waals surface area (Å²) in [5.41, 5.74) is 0. The van der Waals surface area contributed by atoms with Gasteiger partial charge in [-0.05, 0) is 6.42 Å². The molecule has 0 spiro atoms. The fraction of sp³-hybridized carbons (Fsp3) is 0.933. The predicted octanol–water partition coefficient (Wildman–Crippen LogP) is 4.17. The van der Waals surface area contributed by atoms with E-state index in [-0.39, 0.29) is 11.7 Å². The minimum Gasteiger partial charge on any atom is -0.286 e. The Morgan fingerprint density at radius 1 is 1.14 bits per heavy atom. The van der Waals surface area contributed by atoms with Gasteiger partial charge in [-0.15, -0.1) is 11.8 Å². The second-order valence-corrected chi connectivity index (χ2v) is 8.39. The molecule has 1 heterocycles. The van der Waals surface area contributed by atoms with Gasteiger partial charge in [-0.1, -0.05) is 58.3 Å². The molecule has 4 nitrogen and oxygen atoms in total. The van der Waals surface area contributed by atoms with Crippen molar-refractivity contribution in [1.29, 1.82) is 0 Å². The first kappa shape index (κ1) is 19.0. The van der Waals surface area contributed by atoms with Gasteiger partial charge < -0.3 is 0 Å². The smallest absolute Gasteiger partial charge is 0.265 e. The van der Waals surface area contributed by atoms with Crippen molar-refractivity contribution in [3.8, 4) is 0 Å². The lowest BCUT2D eigenvalue weighted by molar-refractivity contribution is 0.470. The Morgan fingerprint density at radius 2 is 1.76 bits per heavy atom. The van der Waals surface area contributed by atoms with Gasteiger partial charge in [0, 0.05) is 18.2 Å². The number of hydrogen-bond donors (Lipinski definition) is 1. The van der Waals surface area contributed by atoms with Gasteiger partial charge in [-0.3, -0.25) is 9.55 Å². The van der Waals surface area contributed by atoms with Gasteiger partial charge in [-0.25, -0.2) is 0 Å². The molecule has 0 aromatic heterocycles. The molecule has 124 valence electrons. The van der Waals surface area contributed by atoms with Crippen LogP contribution in [0.4, 0.5) is 0 Å². The van der Waals surface area contributed by atoms with Crippen molar-refractivity contribution in [1.82, 2.24) is 0 Å². The molecule has 0 bridgehead atoms. The van der Waals surface area contributed by atoms with Crippen molar-refractivity contribution in [2.24, 2.45) is 10.9 Å². The monoisotopic (exact) mass is 335 g/mol. The molecule has 1 rings (SSSR count). The van der Waals surface area contributed by atoms with Crippen LogP contribution < -0.4 is 0 Å². The van der Waals surface area contributed by atoms with Crippen molar-refractivity contribution >= 4 is 26.9 Å². The molecule has 1 atom stereocenters. The molecule has 0 radical (unpaired) electrons. The minimum absolute atomic E-state index is 0.104. The van der Waals surface area contributed by atoms with Gasteiger partial charge in [-0.2, -0.15) is 8.42 Å². The highest BCUT2D eigenvalue weighted by molar-refractivity contribution is 8.14. The van der Waals surface area contributed by atoms with Crippen LogP contribution in [0.1, 0.15) is 64.7 Å². The zero-order chi connectivity index (χ0) is 15.6. The van der Waals surface area contributed by atoms with Gasteiger partial charge in [0.05, 0.1) is 10.8 Å². The van der Waals surface area contributed by atoms with Crippen LogP contribution in [0.25, 0.3) is 0 Å². The van der Waals surface area contributed by atoms with Crippen LogP contribution in [-0.4, -0.2) is 36.1 Å². The third-order valence-corrected chi connectivity index (χ3v) is 5.74. The van der Waals surface area contributed by atoms with Crippen molar-refractivity contribution in [2.75, 3.05) is 18.1 Å². The number of unbranched alkanes of at least 4 members (excludes halogenated alkanes) is 7. The Kier molecular flexibility index (Phi) is 9.60. The van der Waals surface area contributed by atoms with Gasteiger partial charge in [0.1, 0.15) is 0 Å². The Hall–Kier alpha value is -0.0700. The first-order valence-electron chi connectivity index (χ1n) is 8.15. The van der Waals surface area contributed by atoms with Crippen LogP contribution in [0.2, 0.25) is 0 Å². The maximum atomic E-state index is 11.1. The van der Waals surface area contributed by atoms with Crippen molar-refractivity contribution in [3.63, 3.8) is 0 Å². The second kappa shape index (κ2) is 10.6. The first-order valence-corrected chi connectivity index (χ1v) is 10.7. The second-order valence-electron chi connectivity index (χ2n) is 5.78. The fourth-order valence-electron chi connectivity index (χ4n) is 2.66. The number of hydrogen-bond acceptors (Lipinski definition) is 4. The van der Waals surface area contributed by atoms with E-state index in [9.17, 15) is 8.42 Å². The van der Waals surface area contributed by atoms with Gasteiger partial charge in [0.25, 0.3) is 10.1 Å². The molecule has 1 aliphatic heterocycles. The number of nitrogens with zero attached hydrogens (tertiary/aromatic N) is 1. The van der Waals surface area contributed by atoms with E-state index in [0.29, 0.717) is 0 Å². The molecule has 0 amide bonds. The molecule has 1 N–H and O–H groups in total. The van der Waals surface area contributed by atoms with E-state index in [1.807, 2.05) is 0 Å². The molecule has 0 aromatic rings. The quantitative estimate of drug-likeness (QED) is 0.429. The van der Waals surface area contributed by atoms with Gasteiger partial charge in [0.2, 0.25) is 0 Å². The normalized spacial score (nSPS) is 17.0. The van der Waals surface area contributed by atoms with E-state index in [4.69, 9.17) is 4.55 Å². The lowest BCUT2D eigenvalue weighted by atomic mass is 10.0. The largest absolute Gasteiger partial charge is 0.286 e. The number of thioether (sulfide) groups is 1. The summed E-state index contributed by atoms with van der Waals surface area (Å²) in [7, 11) is -3.91. The lowest BCUT2D eigenvalue weighted by Crippen LogP contribution is -2.21. The summed E-state index contributed by atoms with van der Waals surface area (Å²) in [5.74, 6) is 0.664. The maximum Gasteiger partial charge on any atom is 0.265 e. The molecule has 0 aliphatic carbocycles. The molecule has 0 fully saturated rings. The van der Waals surface area contributed by atoms with Crippen molar-refractivity contribution in [3.05, 3.63) is 0 Å². The van der Waals surface area contributed by atoms with E-state index in [1.54, 1.807) is 11.8 Å². The summed E-state index contributed by atoms with van der Waals surface area (Å²) in [6.07, 6.45) is 10.7. The summed E-state index contributed by atoms with van der Waals surface area (Å²) in [4.78, 5) is 4.37. The third-order valence-electron chi connectivity index (χ3n) is 3.78. The number of rotatable bonds is 12. The topological polar surface area (TPSA) is 66.7 Å². The molecule has 21 heavy (non-hydrogen) atoms. The molecular formula is C15H29NO3S2. The summed E-state index contributed by atoms with van der Waals surface area (Å²) >= 11 is 1.64. The SMILES string of the molecule is CCCCCCCCCCC(CS(=O)(=O)O)C1=NCCS1. The minimum atomic E-state index is -3.91. The fourth-order valence-corrected chi connectivity index (χ4v) is 4.61. The molecular weight excluding hydrogens is 306 g/mol. The highest BCUT2D eigenvalue weighted by Crippen LogP contribution is 2.25. The molecule has 1 unspecified atom stereocenters. The van der Waals surface area contributed by atoms with Gasteiger partial charge >= 0.3 is 0 Å². The maximum absolute atomic E-state index is 11.1. The van der Waals surface area contributed by atoms with Crippen LogP contribution in [-0.2, 0) is 10.1 Å². The molecule has 0 saturated heterocycles. The molecule has 0 saturated carbocycles. The van der Waals surface area contributed by atoms with Crippen molar-refractivity contribution < 1.29 is 13.0 Å². The lowest BCUT2D eigenvalue weighted by Gasteiger charge is -2.14. The van der Waals surface area contributed by atoms with Crippen LogP contribution in [0, 0.1) is 5.92 Å². The summed E-state index contributed by atoms with van der Waals surface area (Å²) in [6.45, 7) is 3.00. The predicted molar refractivity (Wildman–Crippen MR) is 91.9 cm³/mol. The van der Waals surface area contributed by atoms with E-state index >= 15 is 0 Å². The standard InChI is InChI=1S/C15H29NO3S2/c1-2-3-4-5-6-7-8-9-10-14(13-21(17,18)19)15-16-11-12-20-15/h14H,2-13H2,1H3,(H,17,18,19). The highest BCUT2D eigenvalue weighted by Gasteiger charge is 2.24. The zero-order valence-electron chi connectivity index (χ0n) is 13.1. The Morgan fingerprint density at radius 3 is 2.29 bits per heavy atom. The molecule has 6 heteroatoms. The Labute approximate surface area is 133 Å². The summed E-state index contributed by atoms with van der Waals surface area (Å²) < 4.78 is 31.3. The zero-order valence-corrected chi connectivity index (χ0v) is 14.7. The summed E-state index contributed by atoms with van der Waals surface area (Å²) in [5, 5.41) is 0.926. The van der Waals surface area contributed by atoms with E-state index < -0.39 is 10.1 Å². The molecule has 1 aliphatic rings. The molecule has 0 aromatic carbocycles. The van der Waals surface area contributed by atoms with E-state index in [0.717, 1.165) is 36.6 Å². The van der Waals surface area contributed by atoms with E-state index in [2.05, 4.69) is 11.9 Å². The van der Waals surface area contributed by atoms with E-state index in [1.165, 1.54) is 38.5 Å². The van der Waals surface area contributed by atoms with Crippen LogP contribution in [0.15, 0.2) is 4.99 Å². The Balaban J connectivity index is 2.21. The summed E-state index contributed by atoms with van der Waals surface area (Å²) in [6, 6.07) is 0. The average molecular weight is 336 g/mol.